The summed E-state index contributed by atoms with van der Waals surface area (Å²) in [4.78, 5) is 0. The predicted molar refractivity (Wildman–Crippen MR) is 51.1 cm³/mol. The maximum absolute atomic E-state index is 5.79. The Hall–Kier alpha value is -0.0151. The van der Waals surface area contributed by atoms with E-state index in [2.05, 4.69) is 27.7 Å². The molecule has 1 atom stereocenters. The quantitative estimate of drug-likeness (QED) is 0.592. The Labute approximate surface area is 75.8 Å². The number of rotatable bonds is 2. The molecule has 0 saturated carbocycles. The third kappa shape index (κ3) is 2.49. The maximum atomic E-state index is 5.79. The van der Waals surface area contributed by atoms with E-state index in [0.717, 1.165) is 13.0 Å². The summed E-state index contributed by atoms with van der Waals surface area (Å²) in [5.74, 6) is 1.07. The fourth-order valence-corrected chi connectivity index (χ4v) is 1.42. The van der Waals surface area contributed by atoms with Gasteiger partial charge in [-0.2, -0.15) is 0 Å². The Morgan fingerprint density at radius 2 is 1.92 bits per heavy atom. The zero-order chi connectivity index (χ0) is 9.14. The highest BCUT2D eigenvalue weighted by molar-refractivity contribution is 6.46. The molecule has 1 aliphatic rings. The van der Waals surface area contributed by atoms with Crippen LogP contribution in [0.1, 0.15) is 34.1 Å². The molecule has 0 N–H and O–H groups in total. The summed E-state index contributed by atoms with van der Waals surface area (Å²) in [6.07, 6.45) is 1.44. The van der Waals surface area contributed by atoms with E-state index in [9.17, 15) is 0 Å². The van der Waals surface area contributed by atoms with Crippen LogP contribution in [0.5, 0.6) is 0 Å². The van der Waals surface area contributed by atoms with Crippen LogP contribution in [-0.2, 0) is 9.31 Å². The van der Waals surface area contributed by atoms with E-state index in [-0.39, 0.29) is 7.12 Å². The largest absolute Gasteiger partial charge is 0.459 e. The molecule has 0 aromatic rings. The smallest absolute Gasteiger partial charge is 0.411 e. The Bertz CT molecular complexity index is 122. The van der Waals surface area contributed by atoms with Crippen LogP contribution in [-0.4, -0.2) is 19.8 Å². The molecule has 0 aromatic heterocycles. The highest BCUT2D eigenvalue weighted by atomic mass is 16.6. The van der Waals surface area contributed by atoms with Crippen molar-refractivity contribution in [2.45, 2.75) is 46.0 Å². The molecule has 1 fully saturated rings. The summed E-state index contributed by atoms with van der Waals surface area (Å²) >= 11 is 0. The molecule has 0 radical (unpaired) electrons. The van der Waals surface area contributed by atoms with Crippen molar-refractivity contribution in [3.63, 3.8) is 0 Å². The zero-order valence-electron chi connectivity index (χ0n) is 8.54. The Balaban J connectivity index is 2.40. The molecule has 70 valence electrons. The Morgan fingerprint density at radius 3 is 2.42 bits per heavy atom. The van der Waals surface area contributed by atoms with Gasteiger partial charge in [-0.3, -0.25) is 0 Å². The second-order valence-electron chi connectivity index (χ2n) is 4.19. The first-order valence-electron chi connectivity index (χ1n) is 4.88. The van der Waals surface area contributed by atoms with Crippen molar-refractivity contribution >= 4 is 7.12 Å². The fourth-order valence-electron chi connectivity index (χ4n) is 1.42. The monoisotopic (exact) mass is 170 g/mol. The first-order chi connectivity index (χ1) is 5.61. The lowest BCUT2D eigenvalue weighted by Crippen LogP contribution is -2.40. The second-order valence-corrected chi connectivity index (χ2v) is 4.19. The summed E-state index contributed by atoms with van der Waals surface area (Å²) in [5, 5.41) is 0. The van der Waals surface area contributed by atoms with Gasteiger partial charge in [0.15, 0.2) is 0 Å². The van der Waals surface area contributed by atoms with Gasteiger partial charge in [0.2, 0.25) is 0 Å². The minimum Gasteiger partial charge on any atom is -0.411 e. The minimum absolute atomic E-state index is 0.0196. The Kier molecular flexibility index (Phi) is 3.60. The average molecular weight is 170 g/mol. The van der Waals surface area contributed by atoms with Gasteiger partial charge in [-0.05, 0) is 18.2 Å². The lowest BCUT2D eigenvalue weighted by Gasteiger charge is -2.32. The van der Waals surface area contributed by atoms with Gasteiger partial charge in [-0.25, -0.2) is 0 Å². The van der Waals surface area contributed by atoms with Gasteiger partial charge in [0.25, 0.3) is 0 Å². The van der Waals surface area contributed by atoms with E-state index >= 15 is 0 Å². The first kappa shape index (κ1) is 10.1. The summed E-state index contributed by atoms with van der Waals surface area (Å²) in [6.45, 7) is 9.52. The molecule has 1 unspecified atom stereocenters. The van der Waals surface area contributed by atoms with Gasteiger partial charge in [-0.1, -0.05) is 27.7 Å². The SMILES string of the molecule is CC(C)B1OCCC(C(C)C)O1. The molecule has 3 heteroatoms. The molecule has 0 spiro atoms. The normalized spacial score (nSPS) is 25.5. The molecule has 2 nitrogen and oxygen atoms in total. The predicted octanol–water partition coefficient (Wildman–Crippen LogP) is 2.35. The van der Waals surface area contributed by atoms with E-state index < -0.39 is 0 Å². The van der Waals surface area contributed by atoms with Crippen LogP contribution in [0.2, 0.25) is 5.82 Å². The van der Waals surface area contributed by atoms with Crippen LogP contribution in [0.15, 0.2) is 0 Å². The highest BCUT2D eigenvalue weighted by Crippen LogP contribution is 2.22. The van der Waals surface area contributed by atoms with Crippen molar-refractivity contribution in [1.29, 1.82) is 0 Å². The van der Waals surface area contributed by atoms with Gasteiger partial charge >= 0.3 is 7.12 Å². The molecule has 0 bridgehead atoms. The third-order valence-electron chi connectivity index (χ3n) is 2.28. The summed E-state index contributed by atoms with van der Waals surface area (Å²) in [7, 11) is 0.0196. The van der Waals surface area contributed by atoms with Crippen LogP contribution in [0.3, 0.4) is 0 Å². The van der Waals surface area contributed by atoms with Crippen molar-refractivity contribution in [1.82, 2.24) is 0 Å². The van der Waals surface area contributed by atoms with Crippen molar-refractivity contribution in [2.24, 2.45) is 5.92 Å². The van der Waals surface area contributed by atoms with Gasteiger partial charge < -0.3 is 9.31 Å². The van der Waals surface area contributed by atoms with Gasteiger partial charge in [0.1, 0.15) is 0 Å². The van der Waals surface area contributed by atoms with Crippen LogP contribution >= 0.6 is 0 Å². The van der Waals surface area contributed by atoms with Crippen molar-refractivity contribution in [3.05, 3.63) is 0 Å². The molecule has 1 rings (SSSR count). The summed E-state index contributed by atoms with van der Waals surface area (Å²) in [6, 6.07) is 0. The first-order valence-corrected chi connectivity index (χ1v) is 4.88. The molecular weight excluding hydrogens is 151 g/mol. The maximum Gasteiger partial charge on any atom is 0.459 e. The molecule has 12 heavy (non-hydrogen) atoms. The fraction of sp³-hybridized carbons (Fsp3) is 1.00. The standard InChI is InChI=1S/C9H19BO2/c1-7(2)9-5-6-11-10(12-9)8(3)4/h7-9H,5-6H2,1-4H3. The molecule has 0 amide bonds. The lowest BCUT2D eigenvalue weighted by molar-refractivity contribution is 0.0364. The Morgan fingerprint density at radius 1 is 1.25 bits per heavy atom. The molecule has 1 aliphatic heterocycles. The van der Waals surface area contributed by atoms with E-state index in [1.165, 1.54) is 0 Å². The lowest BCUT2D eigenvalue weighted by atomic mass is 9.73. The van der Waals surface area contributed by atoms with Gasteiger partial charge in [0, 0.05) is 12.7 Å². The third-order valence-corrected chi connectivity index (χ3v) is 2.28. The second kappa shape index (κ2) is 4.29. The zero-order valence-corrected chi connectivity index (χ0v) is 8.54. The average Bonchev–Trinajstić information content (AvgIpc) is 2.04. The van der Waals surface area contributed by atoms with E-state index in [1.807, 2.05) is 0 Å². The van der Waals surface area contributed by atoms with E-state index in [1.54, 1.807) is 0 Å². The van der Waals surface area contributed by atoms with Crippen molar-refractivity contribution in [3.8, 4) is 0 Å². The minimum atomic E-state index is 0.0196. The van der Waals surface area contributed by atoms with Crippen LogP contribution in [0.25, 0.3) is 0 Å². The molecule has 0 aliphatic carbocycles. The molecular formula is C9H19BO2. The molecule has 1 saturated heterocycles. The van der Waals surface area contributed by atoms with Gasteiger partial charge in [-0.15, -0.1) is 0 Å². The number of hydrogen-bond donors (Lipinski definition) is 0. The van der Waals surface area contributed by atoms with Crippen LogP contribution < -0.4 is 0 Å². The van der Waals surface area contributed by atoms with Gasteiger partial charge in [0.05, 0.1) is 0 Å². The van der Waals surface area contributed by atoms with Crippen molar-refractivity contribution < 1.29 is 9.31 Å². The van der Waals surface area contributed by atoms with Crippen LogP contribution in [0.4, 0.5) is 0 Å². The topological polar surface area (TPSA) is 18.5 Å². The van der Waals surface area contributed by atoms with E-state index in [0.29, 0.717) is 17.8 Å². The highest BCUT2D eigenvalue weighted by Gasteiger charge is 2.31. The van der Waals surface area contributed by atoms with E-state index in [4.69, 9.17) is 9.31 Å². The molecule has 1 heterocycles. The molecule has 0 aromatic carbocycles. The van der Waals surface area contributed by atoms with Crippen molar-refractivity contribution in [2.75, 3.05) is 6.61 Å². The summed E-state index contributed by atoms with van der Waals surface area (Å²) < 4.78 is 11.3. The number of hydrogen-bond acceptors (Lipinski definition) is 2. The van der Waals surface area contributed by atoms with Crippen LogP contribution in [0, 0.1) is 5.92 Å². The summed E-state index contributed by atoms with van der Waals surface area (Å²) in [5.41, 5.74) is 0.